The lowest BCUT2D eigenvalue weighted by Crippen LogP contribution is -2.44. The van der Waals surface area contributed by atoms with Crippen molar-refractivity contribution in [3.05, 3.63) is 28.2 Å². The Kier molecular flexibility index (Phi) is 4.24. The van der Waals surface area contributed by atoms with E-state index in [4.69, 9.17) is 10.5 Å². The SMILES string of the molecule is CC1COCCC1NC(=O)c1ccc(N)c(Br)c1. The highest BCUT2D eigenvalue weighted by atomic mass is 79.9. The number of nitrogens with two attached hydrogens (primary N) is 1. The van der Waals surface area contributed by atoms with Gasteiger partial charge in [0.15, 0.2) is 0 Å². The maximum atomic E-state index is 12.1. The van der Waals surface area contributed by atoms with E-state index < -0.39 is 0 Å². The Hall–Kier alpha value is -1.07. The molecule has 5 heteroatoms. The molecule has 1 fully saturated rings. The molecule has 98 valence electrons. The predicted molar refractivity (Wildman–Crippen MR) is 74.4 cm³/mol. The predicted octanol–water partition coefficient (Wildman–Crippen LogP) is 2.19. The summed E-state index contributed by atoms with van der Waals surface area (Å²) in [6.07, 6.45) is 0.864. The molecule has 1 heterocycles. The molecular formula is C13H17BrN2O2. The second kappa shape index (κ2) is 5.71. The van der Waals surface area contributed by atoms with Gasteiger partial charge in [-0.25, -0.2) is 0 Å². The summed E-state index contributed by atoms with van der Waals surface area (Å²) in [7, 11) is 0. The molecule has 1 aromatic rings. The summed E-state index contributed by atoms with van der Waals surface area (Å²) in [6.45, 7) is 3.50. The van der Waals surface area contributed by atoms with Crippen molar-refractivity contribution in [1.29, 1.82) is 0 Å². The maximum absolute atomic E-state index is 12.1. The molecule has 3 N–H and O–H groups in total. The van der Waals surface area contributed by atoms with Crippen LogP contribution in [-0.4, -0.2) is 25.2 Å². The number of carbonyl (C=O) groups is 1. The molecule has 0 aromatic heterocycles. The van der Waals surface area contributed by atoms with Crippen molar-refractivity contribution < 1.29 is 9.53 Å². The number of ether oxygens (including phenoxy) is 1. The highest BCUT2D eigenvalue weighted by Gasteiger charge is 2.23. The smallest absolute Gasteiger partial charge is 0.251 e. The first-order chi connectivity index (χ1) is 8.58. The second-order valence-corrected chi connectivity index (χ2v) is 5.51. The Labute approximate surface area is 115 Å². The summed E-state index contributed by atoms with van der Waals surface area (Å²) in [5.41, 5.74) is 6.95. The first-order valence-electron chi connectivity index (χ1n) is 6.01. The molecule has 1 saturated heterocycles. The van der Waals surface area contributed by atoms with Gasteiger partial charge in [-0.05, 0) is 46.5 Å². The molecule has 4 nitrogen and oxygen atoms in total. The minimum absolute atomic E-state index is 0.0607. The molecule has 2 unspecified atom stereocenters. The fraction of sp³-hybridized carbons (Fsp3) is 0.462. The van der Waals surface area contributed by atoms with Crippen LogP contribution in [0.1, 0.15) is 23.7 Å². The molecule has 1 aromatic carbocycles. The van der Waals surface area contributed by atoms with Gasteiger partial charge in [0.25, 0.3) is 5.91 Å². The standard InChI is InChI=1S/C13H17BrN2O2/c1-8-7-18-5-4-12(8)16-13(17)9-2-3-11(15)10(14)6-9/h2-3,6,8,12H,4-5,7,15H2,1H3,(H,16,17). The molecule has 18 heavy (non-hydrogen) atoms. The van der Waals surface area contributed by atoms with Crippen LogP contribution in [-0.2, 0) is 4.74 Å². The van der Waals surface area contributed by atoms with Crippen LogP contribution in [0.4, 0.5) is 5.69 Å². The van der Waals surface area contributed by atoms with E-state index in [1.54, 1.807) is 18.2 Å². The number of rotatable bonds is 2. The minimum Gasteiger partial charge on any atom is -0.398 e. The van der Waals surface area contributed by atoms with Crippen LogP contribution in [0.3, 0.4) is 0 Å². The van der Waals surface area contributed by atoms with E-state index in [2.05, 4.69) is 28.2 Å². The molecule has 0 radical (unpaired) electrons. The molecule has 2 rings (SSSR count). The topological polar surface area (TPSA) is 64.3 Å². The molecule has 0 aliphatic carbocycles. The number of hydrogen-bond acceptors (Lipinski definition) is 3. The first kappa shape index (κ1) is 13.4. The molecule has 0 spiro atoms. The van der Waals surface area contributed by atoms with E-state index in [1.807, 2.05) is 0 Å². The highest BCUT2D eigenvalue weighted by molar-refractivity contribution is 9.10. The normalized spacial score (nSPS) is 23.7. The number of carbonyl (C=O) groups excluding carboxylic acids is 1. The number of halogens is 1. The zero-order valence-corrected chi connectivity index (χ0v) is 11.9. The molecular weight excluding hydrogens is 296 g/mol. The molecule has 1 aliphatic heterocycles. The summed E-state index contributed by atoms with van der Waals surface area (Å²) < 4.78 is 6.10. The van der Waals surface area contributed by atoms with Crippen molar-refractivity contribution in [2.45, 2.75) is 19.4 Å². The van der Waals surface area contributed by atoms with Crippen molar-refractivity contribution in [2.24, 2.45) is 5.92 Å². The van der Waals surface area contributed by atoms with Crippen LogP contribution in [0.2, 0.25) is 0 Å². The van der Waals surface area contributed by atoms with Gasteiger partial charge in [-0.3, -0.25) is 4.79 Å². The molecule has 0 saturated carbocycles. The Morgan fingerprint density at radius 2 is 2.33 bits per heavy atom. The number of nitrogen functional groups attached to an aromatic ring is 1. The minimum atomic E-state index is -0.0607. The van der Waals surface area contributed by atoms with Gasteiger partial charge in [-0.2, -0.15) is 0 Å². The van der Waals surface area contributed by atoms with Gasteiger partial charge >= 0.3 is 0 Å². The van der Waals surface area contributed by atoms with E-state index in [0.717, 1.165) is 10.9 Å². The van der Waals surface area contributed by atoms with E-state index in [9.17, 15) is 4.79 Å². The lowest BCUT2D eigenvalue weighted by molar-refractivity contribution is 0.0375. The van der Waals surface area contributed by atoms with Gasteiger partial charge < -0.3 is 15.8 Å². The van der Waals surface area contributed by atoms with E-state index in [0.29, 0.717) is 30.4 Å². The van der Waals surface area contributed by atoms with Gasteiger partial charge in [0.2, 0.25) is 0 Å². The van der Waals surface area contributed by atoms with Crippen LogP contribution >= 0.6 is 15.9 Å². The van der Waals surface area contributed by atoms with Gasteiger partial charge in [0, 0.05) is 28.4 Å². The average Bonchev–Trinajstić information content (AvgIpc) is 2.35. The monoisotopic (exact) mass is 312 g/mol. The summed E-state index contributed by atoms with van der Waals surface area (Å²) >= 11 is 3.33. The average molecular weight is 313 g/mol. The molecule has 1 amide bonds. The Bertz CT molecular complexity index is 451. The van der Waals surface area contributed by atoms with E-state index in [-0.39, 0.29) is 11.9 Å². The van der Waals surface area contributed by atoms with Crippen LogP contribution < -0.4 is 11.1 Å². The van der Waals surface area contributed by atoms with Gasteiger partial charge in [-0.15, -0.1) is 0 Å². The number of amides is 1. The quantitative estimate of drug-likeness (QED) is 0.823. The maximum Gasteiger partial charge on any atom is 0.251 e. The zero-order valence-electron chi connectivity index (χ0n) is 10.3. The van der Waals surface area contributed by atoms with Gasteiger partial charge in [0.05, 0.1) is 6.61 Å². The fourth-order valence-corrected chi connectivity index (χ4v) is 2.39. The zero-order chi connectivity index (χ0) is 13.1. The van der Waals surface area contributed by atoms with Crippen molar-refractivity contribution in [2.75, 3.05) is 18.9 Å². The lowest BCUT2D eigenvalue weighted by atomic mass is 9.97. The van der Waals surface area contributed by atoms with Crippen LogP contribution in [0, 0.1) is 5.92 Å². The van der Waals surface area contributed by atoms with E-state index in [1.165, 1.54) is 0 Å². The third-order valence-corrected chi connectivity index (χ3v) is 3.91. The van der Waals surface area contributed by atoms with Gasteiger partial charge in [-0.1, -0.05) is 6.92 Å². The first-order valence-corrected chi connectivity index (χ1v) is 6.81. The van der Waals surface area contributed by atoms with Crippen molar-refractivity contribution in [3.63, 3.8) is 0 Å². The largest absolute Gasteiger partial charge is 0.398 e. The third kappa shape index (κ3) is 3.03. The summed E-state index contributed by atoms with van der Waals surface area (Å²) in [5.74, 6) is 0.286. The Morgan fingerprint density at radius 1 is 1.56 bits per heavy atom. The Morgan fingerprint density at radius 3 is 3.00 bits per heavy atom. The van der Waals surface area contributed by atoms with E-state index >= 15 is 0 Å². The number of benzene rings is 1. The highest BCUT2D eigenvalue weighted by Crippen LogP contribution is 2.21. The van der Waals surface area contributed by atoms with Crippen LogP contribution in [0.15, 0.2) is 22.7 Å². The summed E-state index contributed by atoms with van der Waals surface area (Å²) in [6, 6.07) is 5.39. The van der Waals surface area contributed by atoms with Crippen molar-refractivity contribution in [1.82, 2.24) is 5.32 Å². The number of nitrogens with one attached hydrogen (secondary N) is 1. The van der Waals surface area contributed by atoms with Crippen LogP contribution in [0.25, 0.3) is 0 Å². The van der Waals surface area contributed by atoms with Gasteiger partial charge in [0.1, 0.15) is 0 Å². The molecule has 1 aliphatic rings. The lowest BCUT2D eigenvalue weighted by Gasteiger charge is -2.29. The number of anilines is 1. The second-order valence-electron chi connectivity index (χ2n) is 4.66. The molecule has 0 bridgehead atoms. The fourth-order valence-electron chi connectivity index (χ4n) is 2.01. The summed E-state index contributed by atoms with van der Waals surface area (Å²) in [4.78, 5) is 12.1. The number of hydrogen-bond donors (Lipinski definition) is 2. The van der Waals surface area contributed by atoms with Crippen molar-refractivity contribution >= 4 is 27.5 Å². The third-order valence-electron chi connectivity index (χ3n) is 3.22. The van der Waals surface area contributed by atoms with Crippen LogP contribution in [0.5, 0.6) is 0 Å². The van der Waals surface area contributed by atoms with Crippen molar-refractivity contribution in [3.8, 4) is 0 Å². The Balaban J connectivity index is 2.04. The summed E-state index contributed by atoms with van der Waals surface area (Å²) in [5, 5.41) is 3.05. The molecule has 2 atom stereocenters.